The first kappa shape index (κ1) is 33.0. The van der Waals surface area contributed by atoms with Gasteiger partial charge in [-0.05, 0) is 65.7 Å². The van der Waals surface area contributed by atoms with E-state index in [2.05, 4.69) is 210 Å². The minimum Gasteiger partial charge on any atom is -0.311 e. The summed E-state index contributed by atoms with van der Waals surface area (Å²) in [7, 11) is 0. The van der Waals surface area contributed by atoms with Crippen molar-refractivity contribution < 1.29 is 0 Å². The van der Waals surface area contributed by atoms with Crippen molar-refractivity contribution in [1.82, 2.24) is 14.5 Å². The van der Waals surface area contributed by atoms with Gasteiger partial charge in [-0.3, -0.25) is 4.57 Å². The molecule has 0 unspecified atom stereocenters. The summed E-state index contributed by atoms with van der Waals surface area (Å²) in [4.78, 5) is 13.4. The highest BCUT2D eigenvalue weighted by Crippen LogP contribution is 2.41. The van der Waals surface area contributed by atoms with E-state index < -0.39 is 0 Å². The van der Waals surface area contributed by atoms with E-state index >= 15 is 0 Å². The number of benzene rings is 8. The van der Waals surface area contributed by atoms with Gasteiger partial charge in [0.1, 0.15) is 5.69 Å². The summed E-state index contributed by atoms with van der Waals surface area (Å²) in [6.07, 6.45) is 0. The Morgan fingerprint density at radius 3 is 1.30 bits per heavy atom. The predicted octanol–water partition coefficient (Wildman–Crippen LogP) is 13.7. The molecule has 0 spiro atoms. The highest BCUT2D eigenvalue weighted by atomic mass is 15.1. The number of hydrogen-bond donors (Lipinski definition) is 0. The average molecular weight is 717 g/mol. The van der Waals surface area contributed by atoms with E-state index in [-0.39, 0.29) is 0 Å². The van der Waals surface area contributed by atoms with Gasteiger partial charge >= 0.3 is 0 Å². The van der Waals surface area contributed by atoms with Crippen molar-refractivity contribution in [2.75, 3.05) is 4.90 Å². The third-order valence-corrected chi connectivity index (χ3v) is 10.4. The van der Waals surface area contributed by atoms with E-state index in [9.17, 15) is 0 Å². The van der Waals surface area contributed by atoms with Crippen molar-refractivity contribution in [2.45, 2.75) is 0 Å². The molecule has 4 heteroatoms. The Morgan fingerprint density at radius 2 is 0.732 bits per heavy atom. The van der Waals surface area contributed by atoms with Crippen LogP contribution in [0.3, 0.4) is 0 Å². The van der Waals surface area contributed by atoms with Crippen molar-refractivity contribution in [3.63, 3.8) is 0 Å². The standard InChI is InChI=1S/C52H36N4/c1-6-18-38(19-7-1)49-50(39-20-8-2-9-21-39)54-52(51(53-49)40-22-10-3-11-23-40)56-47-29-17-16-28-45(47)46-36-41(32-35-48(46)56)37-30-33-44(34-31-37)55(42-24-12-4-13-25-42)43-26-14-5-15-27-43/h1-36H. The Labute approximate surface area is 326 Å². The molecule has 56 heavy (non-hydrogen) atoms. The molecule has 0 saturated carbocycles. The molecule has 2 aromatic heterocycles. The summed E-state index contributed by atoms with van der Waals surface area (Å²) < 4.78 is 2.30. The number of hydrogen-bond acceptors (Lipinski definition) is 3. The number of anilines is 3. The van der Waals surface area contributed by atoms with Crippen molar-refractivity contribution in [2.24, 2.45) is 0 Å². The summed E-state index contributed by atoms with van der Waals surface area (Å²) in [5.74, 6) is 0.792. The van der Waals surface area contributed by atoms with Gasteiger partial charge < -0.3 is 4.90 Å². The Morgan fingerprint density at radius 1 is 0.304 bits per heavy atom. The molecule has 0 amide bonds. The fraction of sp³-hybridized carbons (Fsp3) is 0. The predicted molar refractivity (Wildman–Crippen MR) is 233 cm³/mol. The van der Waals surface area contributed by atoms with Crippen LogP contribution in [-0.2, 0) is 0 Å². The maximum absolute atomic E-state index is 5.59. The fourth-order valence-corrected chi connectivity index (χ4v) is 7.75. The van der Waals surface area contributed by atoms with Crippen LogP contribution < -0.4 is 4.90 Å². The molecule has 0 aliphatic heterocycles. The van der Waals surface area contributed by atoms with E-state index in [4.69, 9.17) is 9.97 Å². The molecular formula is C52H36N4. The number of para-hydroxylation sites is 3. The monoisotopic (exact) mass is 716 g/mol. The van der Waals surface area contributed by atoms with Gasteiger partial charge in [-0.15, -0.1) is 0 Å². The molecule has 0 aliphatic carbocycles. The van der Waals surface area contributed by atoms with Gasteiger partial charge in [0.2, 0.25) is 0 Å². The van der Waals surface area contributed by atoms with Crippen LogP contribution in [-0.4, -0.2) is 14.5 Å². The summed E-state index contributed by atoms with van der Waals surface area (Å²) in [6, 6.07) is 76.5. The molecule has 10 aromatic rings. The molecule has 0 radical (unpaired) electrons. The molecule has 10 rings (SSSR count). The Hall–Kier alpha value is -7.56. The molecule has 4 nitrogen and oxygen atoms in total. The Kier molecular flexibility index (Phi) is 8.47. The van der Waals surface area contributed by atoms with Crippen molar-refractivity contribution in [1.29, 1.82) is 0 Å². The third-order valence-electron chi connectivity index (χ3n) is 10.4. The van der Waals surface area contributed by atoms with Crippen LogP contribution in [0.5, 0.6) is 0 Å². The maximum Gasteiger partial charge on any atom is 0.165 e. The van der Waals surface area contributed by atoms with Crippen LogP contribution in [0.15, 0.2) is 218 Å². The molecule has 0 bridgehead atoms. The van der Waals surface area contributed by atoms with Crippen LogP contribution in [0.25, 0.3) is 72.5 Å². The lowest BCUT2D eigenvalue weighted by Crippen LogP contribution is -2.09. The molecule has 264 valence electrons. The fourth-order valence-electron chi connectivity index (χ4n) is 7.75. The molecule has 0 N–H and O–H groups in total. The summed E-state index contributed by atoms with van der Waals surface area (Å²) in [5.41, 5.74) is 13.4. The molecule has 0 aliphatic rings. The number of fused-ring (bicyclic) bond motifs is 3. The van der Waals surface area contributed by atoms with Gasteiger partial charge in [0.25, 0.3) is 0 Å². The zero-order chi connectivity index (χ0) is 37.3. The number of rotatable bonds is 8. The SMILES string of the molecule is c1ccc(-c2nc(-c3ccccc3)c(-n3c4ccccc4c4cc(-c5ccc(N(c6ccccc6)c6ccccc6)cc5)ccc43)nc2-c2ccccc2)cc1. The van der Waals surface area contributed by atoms with E-state index in [1.54, 1.807) is 0 Å². The average Bonchev–Trinajstić information content (AvgIpc) is 3.61. The van der Waals surface area contributed by atoms with E-state index in [0.717, 1.165) is 89.6 Å². The highest BCUT2D eigenvalue weighted by Gasteiger charge is 2.23. The highest BCUT2D eigenvalue weighted by molar-refractivity contribution is 6.11. The Bertz CT molecular complexity index is 2890. The Balaban J connectivity index is 1.15. The summed E-state index contributed by atoms with van der Waals surface area (Å²) in [6.45, 7) is 0. The van der Waals surface area contributed by atoms with Gasteiger partial charge in [0.05, 0.1) is 22.4 Å². The first-order chi connectivity index (χ1) is 27.8. The zero-order valence-electron chi connectivity index (χ0n) is 30.6. The lowest BCUT2D eigenvalue weighted by molar-refractivity contribution is 1.05. The topological polar surface area (TPSA) is 34.0 Å². The minimum atomic E-state index is 0.792. The smallest absolute Gasteiger partial charge is 0.165 e. The normalized spacial score (nSPS) is 11.2. The first-order valence-electron chi connectivity index (χ1n) is 18.9. The lowest BCUT2D eigenvalue weighted by Gasteiger charge is -2.25. The van der Waals surface area contributed by atoms with Crippen molar-refractivity contribution in [3.05, 3.63) is 218 Å². The van der Waals surface area contributed by atoms with Crippen LogP contribution in [0.4, 0.5) is 17.1 Å². The second kappa shape index (κ2) is 14.3. The van der Waals surface area contributed by atoms with E-state index in [1.807, 2.05) is 18.2 Å². The molecule has 0 atom stereocenters. The third kappa shape index (κ3) is 6.00. The van der Waals surface area contributed by atoms with Crippen LogP contribution in [0, 0.1) is 0 Å². The zero-order valence-corrected chi connectivity index (χ0v) is 30.6. The van der Waals surface area contributed by atoms with Crippen molar-refractivity contribution in [3.8, 4) is 50.7 Å². The second-order valence-corrected chi connectivity index (χ2v) is 13.8. The number of nitrogens with zero attached hydrogens (tertiary/aromatic N) is 4. The lowest BCUT2D eigenvalue weighted by atomic mass is 10.0. The van der Waals surface area contributed by atoms with Gasteiger partial charge in [-0.2, -0.15) is 0 Å². The maximum atomic E-state index is 5.59. The molecule has 0 fully saturated rings. The molecule has 2 heterocycles. The minimum absolute atomic E-state index is 0.792. The van der Waals surface area contributed by atoms with Gasteiger partial charge in [0.15, 0.2) is 5.82 Å². The van der Waals surface area contributed by atoms with E-state index in [1.165, 1.54) is 0 Å². The molecular weight excluding hydrogens is 681 g/mol. The van der Waals surface area contributed by atoms with Crippen LogP contribution >= 0.6 is 0 Å². The van der Waals surface area contributed by atoms with E-state index in [0.29, 0.717) is 0 Å². The summed E-state index contributed by atoms with van der Waals surface area (Å²) in [5, 5.41) is 2.32. The van der Waals surface area contributed by atoms with Crippen molar-refractivity contribution >= 4 is 38.9 Å². The molecule has 8 aromatic carbocycles. The van der Waals surface area contributed by atoms with Gasteiger partial charge in [-0.1, -0.05) is 164 Å². The van der Waals surface area contributed by atoms with Gasteiger partial charge in [0, 0.05) is 44.5 Å². The largest absolute Gasteiger partial charge is 0.311 e. The van der Waals surface area contributed by atoms with Crippen LogP contribution in [0.2, 0.25) is 0 Å². The first-order valence-corrected chi connectivity index (χ1v) is 18.9. The van der Waals surface area contributed by atoms with Crippen LogP contribution in [0.1, 0.15) is 0 Å². The molecule has 0 saturated heterocycles. The summed E-state index contributed by atoms with van der Waals surface area (Å²) >= 11 is 0. The number of aromatic nitrogens is 3. The van der Waals surface area contributed by atoms with Gasteiger partial charge in [-0.25, -0.2) is 9.97 Å². The quantitative estimate of drug-likeness (QED) is 0.157. The second-order valence-electron chi connectivity index (χ2n) is 13.8.